The van der Waals surface area contributed by atoms with Crippen LogP contribution in [-0.4, -0.2) is 16.6 Å². The van der Waals surface area contributed by atoms with Crippen LogP contribution < -0.4 is 10.6 Å². The fourth-order valence-corrected chi connectivity index (χ4v) is 2.82. The molecule has 0 radical (unpaired) electrons. The maximum Gasteiger partial charge on any atom is 0.258 e. The highest BCUT2D eigenvalue weighted by Gasteiger charge is 2.13. The maximum absolute atomic E-state index is 12.8. The molecule has 2 aromatic carbocycles. The Hall–Kier alpha value is -3.18. The van der Waals surface area contributed by atoms with Crippen LogP contribution in [0.3, 0.4) is 0 Å². The minimum Gasteiger partial charge on any atom is -0.380 e. The third-order valence-electron chi connectivity index (χ3n) is 4.26. The van der Waals surface area contributed by atoms with Gasteiger partial charge in [0.05, 0.1) is 10.6 Å². The Labute approximate surface area is 169 Å². The molecule has 0 unspecified atom stereocenters. The van der Waals surface area contributed by atoms with E-state index in [1.165, 1.54) is 6.20 Å². The topological polar surface area (TPSA) is 77.9 Å². The molecule has 1 heterocycles. The second-order valence-corrected chi connectivity index (χ2v) is 6.98. The molecule has 3 rings (SSSR count). The molecule has 142 valence electrons. The second kappa shape index (κ2) is 8.67. The van der Waals surface area contributed by atoms with Gasteiger partial charge < -0.3 is 16.0 Å². The van der Waals surface area contributed by atoms with E-state index in [9.17, 15) is 4.79 Å². The van der Waals surface area contributed by atoms with Gasteiger partial charge in [0.15, 0.2) is 0 Å². The van der Waals surface area contributed by atoms with Crippen molar-refractivity contribution in [2.45, 2.75) is 20.4 Å². The van der Waals surface area contributed by atoms with Crippen molar-refractivity contribution in [2.75, 3.05) is 10.6 Å². The lowest BCUT2D eigenvalue weighted by Gasteiger charge is -2.13. The van der Waals surface area contributed by atoms with Crippen molar-refractivity contribution in [3.63, 3.8) is 0 Å². The zero-order valence-electron chi connectivity index (χ0n) is 15.7. The summed E-state index contributed by atoms with van der Waals surface area (Å²) in [5, 5.41) is 14.3. The number of rotatable bonds is 6. The standard InChI is InChI=1S/C22H21ClN4O/c1-14-3-9-20(25-12-16-4-6-17(7-5-16)15(2)24)19(11-14)22(28)27-21-10-8-18(23)13-26-21/h3-11,13,24-25H,12H2,1-2H3,(H,26,27,28). The lowest BCUT2D eigenvalue weighted by Crippen LogP contribution is -2.16. The summed E-state index contributed by atoms with van der Waals surface area (Å²) in [5.74, 6) is 0.204. The van der Waals surface area contributed by atoms with Gasteiger partial charge in [-0.25, -0.2) is 4.98 Å². The fourth-order valence-electron chi connectivity index (χ4n) is 2.70. The monoisotopic (exact) mass is 392 g/mol. The van der Waals surface area contributed by atoms with Crippen LogP contribution in [0, 0.1) is 12.3 Å². The van der Waals surface area contributed by atoms with E-state index in [-0.39, 0.29) is 5.91 Å². The van der Waals surface area contributed by atoms with Crippen molar-refractivity contribution in [1.29, 1.82) is 5.41 Å². The molecule has 0 aliphatic carbocycles. The molecule has 3 aromatic rings. The number of benzene rings is 2. The summed E-state index contributed by atoms with van der Waals surface area (Å²) in [6.45, 7) is 4.28. The smallest absolute Gasteiger partial charge is 0.258 e. The molecule has 1 amide bonds. The van der Waals surface area contributed by atoms with Gasteiger partial charge in [-0.05, 0) is 49.2 Å². The van der Waals surface area contributed by atoms with Crippen LogP contribution in [0.5, 0.6) is 0 Å². The number of amides is 1. The summed E-state index contributed by atoms with van der Waals surface area (Å²) >= 11 is 5.84. The van der Waals surface area contributed by atoms with E-state index in [1.54, 1.807) is 19.1 Å². The highest BCUT2D eigenvalue weighted by Crippen LogP contribution is 2.20. The molecule has 0 atom stereocenters. The zero-order chi connectivity index (χ0) is 20.1. The number of nitrogens with zero attached hydrogens (tertiary/aromatic N) is 1. The van der Waals surface area contributed by atoms with Crippen molar-refractivity contribution < 1.29 is 4.79 Å². The first kappa shape index (κ1) is 19.6. The number of aryl methyl sites for hydroxylation is 1. The third kappa shape index (κ3) is 4.96. The van der Waals surface area contributed by atoms with Crippen LogP contribution in [0.1, 0.15) is 34.0 Å². The molecule has 0 bridgehead atoms. The van der Waals surface area contributed by atoms with E-state index in [0.717, 1.165) is 22.4 Å². The van der Waals surface area contributed by atoms with Gasteiger partial charge in [0.25, 0.3) is 5.91 Å². The van der Waals surface area contributed by atoms with E-state index in [1.807, 2.05) is 49.4 Å². The van der Waals surface area contributed by atoms with Gasteiger partial charge in [0.2, 0.25) is 0 Å². The Morgan fingerprint density at radius 2 is 1.86 bits per heavy atom. The first-order chi connectivity index (χ1) is 13.4. The van der Waals surface area contributed by atoms with Crippen LogP contribution in [0.15, 0.2) is 60.8 Å². The lowest BCUT2D eigenvalue weighted by molar-refractivity contribution is 0.102. The molecule has 1 aromatic heterocycles. The van der Waals surface area contributed by atoms with Crippen LogP contribution in [-0.2, 0) is 6.54 Å². The van der Waals surface area contributed by atoms with E-state index in [2.05, 4.69) is 15.6 Å². The van der Waals surface area contributed by atoms with Crippen molar-refractivity contribution in [1.82, 2.24) is 4.98 Å². The molecule has 0 spiro atoms. The molecule has 5 nitrogen and oxygen atoms in total. The number of nitrogens with one attached hydrogen (secondary N) is 3. The summed E-state index contributed by atoms with van der Waals surface area (Å²) < 4.78 is 0. The van der Waals surface area contributed by atoms with Crippen molar-refractivity contribution in [3.8, 4) is 0 Å². The average Bonchev–Trinajstić information content (AvgIpc) is 2.69. The number of aromatic nitrogens is 1. The SMILES string of the molecule is CC(=N)c1ccc(CNc2ccc(C)cc2C(=O)Nc2ccc(Cl)cn2)cc1. The van der Waals surface area contributed by atoms with Crippen molar-refractivity contribution in [3.05, 3.63) is 88.1 Å². The van der Waals surface area contributed by atoms with Gasteiger partial charge >= 0.3 is 0 Å². The number of carbonyl (C=O) groups excluding carboxylic acids is 1. The van der Waals surface area contributed by atoms with E-state index in [0.29, 0.717) is 28.7 Å². The highest BCUT2D eigenvalue weighted by molar-refractivity contribution is 6.30. The summed E-state index contributed by atoms with van der Waals surface area (Å²) in [5.41, 5.74) is 4.78. The van der Waals surface area contributed by atoms with Gasteiger partial charge in [0.1, 0.15) is 5.82 Å². The number of hydrogen-bond donors (Lipinski definition) is 3. The number of hydrogen-bond acceptors (Lipinski definition) is 4. The largest absolute Gasteiger partial charge is 0.380 e. The molecule has 3 N–H and O–H groups in total. The molecular weight excluding hydrogens is 372 g/mol. The van der Waals surface area contributed by atoms with E-state index < -0.39 is 0 Å². The van der Waals surface area contributed by atoms with Gasteiger partial charge in [-0.3, -0.25) is 4.79 Å². The second-order valence-electron chi connectivity index (χ2n) is 6.54. The normalized spacial score (nSPS) is 10.4. The molecule has 6 heteroatoms. The Kier molecular flexibility index (Phi) is 6.06. The predicted molar refractivity (Wildman–Crippen MR) is 115 cm³/mol. The summed E-state index contributed by atoms with van der Waals surface area (Å²) in [6.07, 6.45) is 1.49. The molecule has 0 saturated carbocycles. The average molecular weight is 393 g/mol. The highest BCUT2D eigenvalue weighted by atomic mass is 35.5. The van der Waals surface area contributed by atoms with Crippen molar-refractivity contribution in [2.24, 2.45) is 0 Å². The first-order valence-electron chi connectivity index (χ1n) is 8.84. The minimum absolute atomic E-state index is 0.240. The van der Waals surface area contributed by atoms with Gasteiger partial charge in [-0.2, -0.15) is 0 Å². The van der Waals surface area contributed by atoms with E-state index >= 15 is 0 Å². The first-order valence-corrected chi connectivity index (χ1v) is 9.22. The molecule has 28 heavy (non-hydrogen) atoms. The van der Waals surface area contributed by atoms with Crippen LogP contribution in [0.25, 0.3) is 0 Å². The Bertz CT molecular complexity index is 998. The summed E-state index contributed by atoms with van der Waals surface area (Å²) in [4.78, 5) is 16.9. The van der Waals surface area contributed by atoms with Gasteiger partial charge in [-0.1, -0.05) is 47.5 Å². The Morgan fingerprint density at radius 3 is 2.50 bits per heavy atom. The zero-order valence-corrected chi connectivity index (χ0v) is 16.5. The Balaban J connectivity index is 1.75. The van der Waals surface area contributed by atoms with Crippen LogP contribution >= 0.6 is 11.6 Å². The lowest BCUT2D eigenvalue weighted by atomic mass is 10.1. The Morgan fingerprint density at radius 1 is 1.11 bits per heavy atom. The number of pyridine rings is 1. The molecule has 0 saturated heterocycles. The third-order valence-corrected chi connectivity index (χ3v) is 4.48. The molecular formula is C22H21ClN4O. The van der Waals surface area contributed by atoms with Gasteiger partial charge in [-0.15, -0.1) is 0 Å². The number of anilines is 2. The van der Waals surface area contributed by atoms with Crippen molar-refractivity contribution >= 4 is 34.7 Å². The number of halogens is 1. The molecule has 0 aliphatic rings. The van der Waals surface area contributed by atoms with Crippen LogP contribution in [0.2, 0.25) is 5.02 Å². The summed E-state index contributed by atoms with van der Waals surface area (Å²) in [7, 11) is 0. The minimum atomic E-state index is -0.240. The van der Waals surface area contributed by atoms with E-state index in [4.69, 9.17) is 17.0 Å². The molecule has 0 fully saturated rings. The van der Waals surface area contributed by atoms with Gasteiger partial charge in [0, 0.05) is 24.1 Å². The molecule has 0 aliphatic heterocycles. The maximum atomic E-state index is 12.8. The fraction of sp³-hybridized carbons (Fsp3) is 0.136. The number of carbonyl (C=O) groups is 1. The van der Waals surface area contributed by atoms with Crippen LogP contribution in [0.4, 0.5) is 11.5 Å². The summed E-state index contributed by atoms with van der Waals surface area (Å²) in [6, 6.07) is 16.8. The quantitative estimate of drug-likeness (QED) is 0.498. The predicted octanol–water partition coefficient (Wildman–Crippen LogP) is 5.30.